The van der Waals surface area contributed by atoms with Gasteiger partial charge in [-0.1, -0.05) is 30.3 Å². The molecule has 3 rings (SSSR count). The summed E-state index contributed by atoms with van der Waals surface area (Å²) >= 11 is 0. The fourth-order valence-corrected chi connectivity index (χ4v) is 3.58. The Bertz CT molecular complexity index is 561. The van der Waals surface area contributed by atoms with Gasteiger partial charge in [-0.05, 0) is 31.4 Å². The zero-order valence-corrected chi connectivity index (χ0v) is 14.9. The van der Waals surface area contributed by atoms with Gasteiger partial charge in [-0.15, -0.1) is 12.4 Å². The standard InChI is InChI=1S/C18H25N3O2.ClH/c1-20(15-9-10-19-13-15)18(23)16-8-5-11-21(16)17(22)12-14-6-3-2-4-7-14;/h2-4,6-7,15-16,19H,5,8-13H2,1H3;1H. The highest BCUT2D eigenvalue weighted by atomic mass is 35.5. The summed E-state index contributed by atoms with van der Waals surface area (Å²) in [5, 5.41) is 3.29. The molecule has 132 valence electrons. The molecule has 0 saturated carbocycles. The van der Waals surface area contributed by atoms with Gasteiger partial charge in [-0.25, -0.2) is 0 Å². The summed E-state index contributed by atoms with van der Waals surface area (Å²) in [5.41, 5.74) is 1.00. The number of amides is 2. The zero-order chi connectivity index (χ0) is 16.2. The predicted octanol–water partition coefficient (Wildman–Crippen LogP) is 1.46. The SMILES string of the molecule is CN(C(=O)C1CCCN1C(=O)Cc1ccccc1)C1CCNC1.Cl. The topological polar surface area (TPSA) is 52.7 Å². The molecule has 2 saturated heterocycles. The highest BCUT2D eigenvalue weighted by Crippen LogP contribution is 2.22. The first-order valence-electron chi connectivity index (χ1n) is 8.47. The van der Waals surface area contributed by atoms with E-state index < -0.39 is 0 Å². The molecule has 2 amide bonds. The summed E-state index contributed by atoms with van der Waals surface area (Å²) in [4.78, 5) is 29.1. The van der Waals surface area contributed by atoms with Gasteiger partial charge in [0.2, 0.25) is 11.8 Å². The highest BCUT2D eigenvalue weighted by molar-refractivity contribution is 5.89. The summed E-state index contributed by atoms with van der Waals surface area (Å²) in [6.45, 7) is 2.51. The molecule has 1 aromatic carbocycles. The molecule has 1 aromatic rings. The first kappa shape index (κ1) is 18.7. The molecule has 0 aromatic heterocycles. The van der Waals surface area contributed by atoms with Crippen LogP contribution in [0.2, 0.25) is 0 Å². The third kappa shape index (κ3) is 4.08. The van der Waals surface area contributed by atoms with Gasteiger partial charge in [0.05, 0.1) is 6.42 Å². The predicted molar refractivity (Wildman–Crippen MR) is 96.2 cm³/mol. The van der Waals surface area contributed by atoms with Crippen LogP contribution in [0.1, 0.15) is 24.8 Å². The normalized spacial score (nSPS) is 23.0. The molecule has 1 N–H and O–H groups in total. The molecule has 0 spiro atoms. The van der Waals surface area contributed by atoms with Crippen LogP contribution in [-0.4, -0.2) is 60.4 Å². The number of hydrogen-bond acceptors (Lipinski definition) is 3. The molecule has 2 atom stereocenters. The molecule has 2 fully saturated rings. The molecule has 2 unspecified atom stereocenters. The Morgan fingerprint density at radius 2 is 2.00 bits per heavy atom. The van der Waals surface area contributed by atoms with Gasteiger partial charge < -0.3 is 15.1 Å². The third-order valence-electron chi connectivity index (χ3n) is 4.99. The molecule has 2 aliphatic heterocycles. The largest absolute Gasteiger partial charge is 0.340 e. The first-order chi connectivity index (χ1) is 11.2. The number of carbonyl (C=O) groups is 2. The van der Waals surface area contributed by atoms with Crippen molar-refractivity contribution in [1.29, 1.82) is 0 Å². The minimum atomic E-state index is -0.281. The van der Waals surface area contributed by atoms with E-state index in [-0.39, 0.29) is 36.3 Å². The highest BCUT2D eigenvalue weighted by Gasteiger charge is 2.37. The van der Waals surface area contributed by atoms with E-state index in [0.717, 1.165) is 37.9 Å². The summed E-state index contributed by atoms with van der Waals surface area (Å²) in [6.07, 6.45) is 3.06. The van der Waals surface area contributed by atoms with Crippen LogP contribution in [-0.2, 0) is 16.0 Å². The zero-order valence-electron chi connectivity index (χ0n) is 14.1. The average Bonchev–Trinajstić information content (AvgIpc) is 3.25. The maximum Gasteiger partial charge on any atom is 0.245 e. The van der Waals surface area contributed by atoms with Crippen molar-refractivity contribution >= 4 is 24.2 Å². The van der Waals surface area contributed by atoms with Crippen molar-refractivity contribution in [2.24, 2.45) is 0 Å². The van der Waals surface area contributed by atoms with Crippen molar-refractivity contribution in [1.82, 2.24) is 15.1 Å². The Balaban J connectivity index is 0.00000208. The Kier molecular flexibility index (Phi) is 6.63. The van der Waals surface area contributed by atoms with E-state index in [4.69, 9.17) is 0 Å². The Labute approximate surface area is 149 Å². The van der Waals surface area contributed by atoms with Crippen LogP contribution in [0.5, 0.6) is 0 Å². The van der Waals surface area contributed by atoms with Crippen LogP contribution >= 0.6 is 12.4 Å². The fraction of sp³-hybridized carbons (Fsp3) is 0.556. The summed E-state index contributed by atoms with van der Waals surface area (Å²) in [5.74, 6) is 0.155. The van der Waals surface area contributed by atoms with Gasteiger partial charge in [0.15, 0.2) is 0 Å². The number of nitrogens with zero attached hydrogens (tertiary/aromatic N) is 2. The lowest BCUT2D eigenvalue weighted by Crippen LogP contribution is -2.50. The van der Waals surface area contributed by atoms with Crippen LogP contribution in [0, 0.1) is 0 Å². The van der Waals surface area contributed by atoms with Crippen LogP contribution in [0.15, 0.2) is 30.3 Å². The number of carbonyl (C=O) groups excluding carboxylic acids is 2. The van der Waals surface area contributed by atoms with Crippen molar-refractivity contribution < 1.29 is 9.59 Å². The average molecular weight is 352 g/mol. The summed E-state index contributed by atoms with van der Waals surface area (Å²) in [7, 11) is 1.87. The van der Waals surface area contributed by atoms with E-state index in [9.17, 15) is 9.59 Å². The monoisotopic (exact) mass is 351 g/mol. The van der Waals surface area contributed by atoms with Crippen molar-refractivity contribution in [2.75, 3.05) is 26.7 Å². The number of likely N-dealkylation sites (N-methyl/N-ethyl adjacent to an activating group) is 1. The number of hydrogen-bond donors (Lipinski definition) is 1. The minimum Gasteiger partial charge on any atom is -0.340 e. The van der Waals surface area contributed by atoms with Crippen LogP contribution in [0.4, 0.5) is 0 Å². The summed E-state index contributed by atoms with van der Waals surface area (Å²) in [6, 6.07) is 9.72. The minimum absolute atomic E-state index is 0. The molecule has 2 heterocycles. The van der Waals surface area contributed by atoms with Crippen LogP contribution in [0.3, 0.4) is 0 Å². The second-order valence-electron chi connectivity index (χ2n) is 6.50. The number of rotatable bonds is 4. The van der Waals surface area contributed by atoms with E-state index in [1.807, 2.05) is 42.3 Å². The third-order valence-corrected chi connectivity index (χ3v) is 4.99. The van der Waals surface area contributed by atoms with Crippen LogP contribution in [0.25, 0.3) is 0 Å². The van der Waals surface area contributed by atoms with Crippen molar-refractivity contribution in [3.63, 3.8) is 0 Å². The van der Waals surface area contributed by atoms with Crippen LogP contribution < -0.4 is 5.32 Å². The number of halogens is 1. The first-order valence-corrected chi connectivity index (χ1v) is 8.47. The molecular formula is C18H26ClN3O2. The number of benzene rings is 1. The quantitative estimate of drug-likeness (QED) is 0.893. The molecular weight excluding hydrogens is 326 g/mol. The van der Waals surface area contributed by atoms with Crippen molar-refractivity contribution in [3.05, 3.63) is 35.9 Å². The Morgan fingerprint density at radius 3 is 2.67 bits per heavy atom. The lowest BCUT2D eigenvalue weighted by Gasteiger charge is -2.31. The van der Waals surface area contributed by atoms with Gasteiger partial charge in [0.25, 0.3) is 0 Å². The number of likely N-dealkylation sites (tertiary alicyclic amines) is 1. The van der Waals surface area contributed by atoms with E-state index in [1.54, 1.807) is 4.90 Å². The molecule has 2 aliphatic rings. The molecule has 0 radical (unpaired) electrons. The molecule has 24 heavy (non-hydrogen) atoms. The fourth-order valence-electron chi connectivity index (χ4n) is 3.58. The molecule has 6 heteroatoms. The van der Waals surface area contributed by atoms with Crippen molar-refractivity contribution in [2.45, 2.75) is 37.8 Å². The van der Waals surface area contributed by atoms with Gasteiger partial charge in [0, 0.05) is 26.2 Å². The van der Waals surface area contributed by atoms with Gasteiger partial charge in [-0.3, -0.25) is 9.59 Å². The van der Waals surface area contributed by atoms with Gasteiger partial charge in [0.1, 0.15) is 6.04 Å². The van der Waals surface area contributed by atoms with E-state index >= 15 is 0 Å². The molecule has 5 nitrogen and oxygen atoms in total. The lowest BCUT2D eigenvalue weighted by atomic mass is 10.1. The molecule has 0 aliphatic carbocycles. The number of nitrogens with one attached hydrogen (secondary N) is 1. The van der Waals surface area contributed by atoms with Crippen molar-refractivity contribution in [3.8, 4) is 0 Å². The maximum atomic E-state index is 12.8. The van der Waals surface area contributed by atoms with Gasteiger partial charge in [-0.2, -0.15) is 0 Å². The van der Waals surface area contributed by atoms with Gasteiger partial charge >= 0.3 is 0 Å². The van der Waals surface area contributed by atoms with E-state index in [1.165, 1.54) is 0 Å². The van der Waals surface area contributed by atoms with E-state index in [2.05, 4.69) is 5.32 Å². The second-order valence-corrected chi connectivity index (χ2v) is 6.50. The lowest BCUT2D eigenvalue weighted by molar-refractivity contribution is -0.143. The Morgan fingerprint density at radius 1 is 1.25 bits per heavy atom. The Hall–Kier alpha value is -1.59. The maximum absolute atomic E-state index is 12.8. The van der Waals surface area contributed by atoms with E-state index in [0.29, 0.717) is 13.0 Å². The molecule has 0 bridgehead atoms. The second kappa shape index (κ2) is 8.49. The summed E-state index contributed by atoms with van der Waals surface area (Å²) < 4.78 is 0. The smallest absolute Gasteiger partial charge is 0.245 e.